The minimum absolute atomic E-state index is 0.249. The zero-order chi connectivity index (χ0) is 18.9. The van der Waals surface area contributed by atoms with E-state index in [-0.39, 0.29) is 5.82 Å². The van der Waals surface area contributed by atoms with Crippen molar-refractivity contribution in [3.05, 3.63) is 57.8 Å². The molecule has 2 aromatic carbocycles. The molecule has 5 nitrogen and oxygen atoms in total. The number of guanidine groups is 1. The Hall–Kier alpha value is -2.28. The van der Waals surface area contributed by atoms with E-state index in [1.807, 2.05) is 18.2 Å². The minimum atomic E-state index is -0.249. The van der Waals surface area contributed by atoms with Gasteiger partial charge in [0, 0.05) is 30.2 Å². The predicted molar refractivity (Wildman–Crippen MR) is 106 cm³/mol. The molecule has 0 radical (unpaired) electrons. The number of nitrogens with zero attached hydrogens (tertiary/aromatic N) is 1. The summed E-state index contributed by atoms with van der Waals surface area (Å²) in [7, 11) is 4.92. The molecule has 0 saturated carbocycles. The molecule has 0 amide bonds. The number of ether oxygens (including phenoxy) is 2. The molecule has 0 spiro atoms. The third-order valence-electron chi connectivity index (χ3n) is 3.83. The van der Waals surface area contributed by atoms with Crippen LogP contribution in [0.5, 0.6) is 11.5 Å². The molecular formula is C19H23BrFN3O2. The summed E-state index contributed by atoms with van der Waals surface area (Å²) >= 11 is 3.35. The van der Waals surface area contributed by atoms with Gasteiger partial charge in [0.05, 0.1) is 14.2 Å². The predicted octanol–water partition coefficient (Wildman–Crippen LogP) is 3.51. The van der Waals surface area contributed by atoms with Crippen molar-refractivity contribution in [2.75, 3.05) is 27.8 Å². The lowest BCUT2D eigenvalue weighted by Gasteiger charge is -2.13. The normalized spacial score (nSPS) is 11.2. The Morgan fingerprint density at radius 3 is 2.54 bits per heavy atom. The van der Waals surface area contributed by atoms with Gasteiger partial charge in [-0.1, -0.05) is 22.0 Å². The van der Waals surface area contributed by atoms with Gasteiger partial charge in [-0.05, 0) is 42.3 Å². The molecule has 26 heavy (non-hydrogen) atoms. The number of hydrogen-bond donors (Lipinski definition) is 2. The highest BCUT2D eigenvalue weighted by molar-refractivity contribution is 9.10. The summed E-state index contributed by atoms with van der Waals surface area (Å²) in [5.41, 5.74) is 1.69. The lowest BCUT2D eigenvalue weighted by molar-refractivity contribution is 0.354. The largest absolute Gasteiger partial charge is 0.493 e. The summed E-state index contributed by atoms with van der Waals surface area (Å²) in [4.78, 5) is 4.16. The van der Waals surface area contributed by atoms with Gasteiger partial charge in [-0.2, -0.15) is 0 Å². The Morgan fingerprint density at radius 1 is 1.08 bits per heavy atom. The van der Waals surface area contributed by atoms with E-state index in [4.69, 9.17) is 9.47 Å². The van der Waals surface area contributed by atoms with Crippen LogP contribution >= 0.6 is 15.9 Å². The SMILES string of the molecule is CN=C(NCCc1ccc(OC)c(OC)c1)NCc1cc(Br)ccc1F. The Bertz CT molecular complexity index is 768. The van der Waals surface area contributed by atoms with Crippen molar-refractivity contribution in [2.24, 2.45) is 4.99 Å². The van der Waals surface area contributed by atoms with Gasteiger partial charge in [-0.15, -0.1) is 0 Å². The van der Waals surface area contributed by atoms with Gasteiger partial charge in [0.1, 0.15) is 5.82 Å². The van der Waals surface area contributed by atoms with Crippen LogP contribution < -0.4 is 20.1 Å². The molecule has 2 aromatic rings. The van der Waals surface area contributed by atoms with Crippen molar-refractivity contribution in [1.29, 1.82) is 0 Å². The third-order valence-corrected chi connectivity index (χ3v) is 4.32. The molecule has 0 aliphatic heterocycles. The summed E-state index contributed by atoms with van der Waals surface area (Å²) in [6.45, 7) is 1.03. The van der Waals surface area contributed by atoms with Gasteiger partial charge in [0.25, 0.3) is 0 Å². The fourth-order valence-electron chi connectivity index (χ4n) is 2.44. The number of benzene rings is 2. The lowest BCUT2D eigenvalue weighted by atomic mass is 10.1. The van der Waals surface area contributed by atoms with E-state index in [1.54, 1.807) is 33.4 Å². The van der Waals surface area contributed by atoms with Gasteiger partial charge < -0.3 is 20.1 Å². The van der Waals surface area contributed by atoms with Crippen molar-refractivity contribution in [2.45, 2.75) is 13.0 Å². The van der Waals surface area contributed by atoms with Crippen LogP contribution in [-0.4, -0.2) is 33.8 Å². The summed E-state index contributed by atoms with van der Waals surface area (Å²) in [5, 5.41) is 6.34. The molecule has 0 unspecified atom stereocenters. The number of methoxy groups -OCH3 is 2. The molecular weight excluding hydrogens is 401 g/mol. The van der Waals surface area contributed by atoms with E-state index < -0.39 is 0 Å². The van der Waals surface area contributed by atoms with Gasteiger partial charge in [0.15, 0.2) is 17.5 Å². The average Bonchev–Trinajstić information content (AvgIpc) is 2.66. The average molecular weight is 424 g/mol. The molecule has 0 saturated heterocycles. The first kappa shape index (κ1) is 20.0. The van der Waals surface area contributed by atoms with Gasteiger partial charge in [-0.3, -0.25) is 4.99 Å². The topological polar surface area (TPSA) is 54.9 Å². The minimum Gasteiger partial charge on any atom is -0.493 e. The highest BCUT2D eigenvalue weighted by atomic mass is 79.9. The summed E-state index contributed by atoms with van der Waals surface area (Å²) in [6, 6.07) is 10.7. The van der Waals surface area contributed by atoms with E-state index >= 15 is 0 Å². The number of halogens is 2. The van der Waals surface area contributed by atoms with Crippen LogP contribution in [0.15, 0.2) is 45.9 Å². The van der Waals surface area contributed by atoms with Crippen LogP contribution in [0.2, 0.25) is 0 Å². The zero-order valence-electron chi connectivity index (χ0n) is 15.1. The third kappa shape index (κ3) is 5.62. The van der Waals surface area contributed by atoms with Crippen LogP contribution in [0.4, 0.5) is 4.39 Å². The first-order valence-corrected chi connectivity index (χ1v) is 8.96. The first-order valence-electron chi connectivity index (χ1n) is 8.16. The van der Waals surface area contributed by atoms with Gasteiger partial charge >= 0.3 is 0 Å². The Kier molecular flexibility index (Phi) is 7.72. The van der Waals surface area contributed by atoms with Crippen LogP contribution in [0, 0.1) is 5.82 Å². The number of hydrogen-bond acceptors (Lipinski definition) is 3. The van der Waals surface area contributed by atoms with Crippen molar-refractivity contribution < 1.29 is 13.9 Å². The Labute approximate surface area is 161 Å². The summed E-state index contributed by atoms with van der Waals surface area (Å²) < 4.78 is 25.2. The smallest absolute Gasteiger partial charge is 0.191 e. The fraction of sp³-hybridized carbons (Fsp3) is 0.316. The molecule has 2 N–H and O–H groups in total. The molecule has 0 aliphatic carbocycles. The van der Waals surface area contributed by atoms with Gasteiger partial charge in [-0.25, -0.2) is 4.39 Å². The Morgan fingerprint density at radius 2 is 1.85 bits per heavy atom. The molecule has 140 valence electrons. The number of nitrogens with one attached hydrogen (secondary N) is 2. The van der Waals surface area contributed by atoms with Crippen LogP contribution in [0.25, 0.3) is 0 Å². The standard InChI is InChI=1S/C19H23BrFN3O2/c1-22-19(24-12-14-11-15(20)5-6-16(14)21)23-9-8-13-4-7-17(25-2)18(10-13)26-3/h4-7,10-11H,8-9,12H2,1-3H3,(H2,22,23,24). The molecule has 0 heterocycles. The molecule has 7 heteroatoms. The lowest BCUT2D eigenvalue weighted by Crippen LogP contribution is -2.38. The molecule has 0 aromatic heterocycles. The maximum Gasteiger partial charge on any atom is 0.191 e. The Balaban J connectivity index is 1.86. The van der Waals surface area contributed by atoms with Gasteiger partial charge in [0.2, 0.25) is 0 Å². The second-order valence-corrected chi connectivity index (χ2v) is 6.44. The van der Waals surface area contributed by atoms with Crippen molar-refractivity contribution in [3.63, 3.8) is 0 Å². The highest BCUT2D eigenvalue weighted by Gasteiger charge is 2.06. The molecule has 0 aliphatic rings. The van der Waals surface area contributed by atoms with E-state index in [0.717, 1.165) is 16.5 Å². The molecule has 0 fully saturated rings. The van der Waals surface area contributed by atoms with Crippen molar-refractivity contribution >= 4 is 21.9 Å². The molecule has 0 atom stereocenters. The molecule has 2 rings (SSSR count). The van der Waals surface area contributed by atoms with Crippen LogP contribution in [0.1, 0.15) is 11.1 Å². The zero-order valence-corrected chi connectivity index (χ0v) is 16.7. The van der Waals surface area contributed by atoms with Crippen LogP contribution in [0.3, 0.4) is 0 Å². The van der Waals surface area contributed by atoms with E-state index in [0.29, 0.717) is 36.1 Å². The number of aliphatic imine (C=N–C) groups is 1. The fourth-order valence-corrected chi connectivity index (χ4v) is 2.85. The summed E-state index contributed by atoms with van der Waals surface area (Å²) in [6.07, 6.45) is 0.784. The summed E-state index contributed by atoms with van der Waals surface area (Å²) in [5.74, 6) is 1.78. The molecule has 0 bridgehead atoms. The second-order valence-electron chi connectivity index (χ2n) is 5.53. The highest BCUT2D eigenvalue weighted by Crippen LogP contribution is 2.27. The van der Waals surface area contributed by atoms with E-state index in [2.05, 4.69) is 31.6 Å². The quantitative estimate of drug-likeness (QED) is 0.528. The number of rotatable bonds is 7. The first-order chi connectivity index (χ1) is 12.6. The van der Waals surface area contributed by atoms with E-state index in [9.17, 15) is 4.39 Å². The monoisotopic (exact) mass is 423 g/mol. The maximum absolute atomic E-state index is 13.8. The maximum atomic E-state index is 13.8. The second kappa shape index (κ2) is 10.0. The van der Waals surface area contributed by atoms with Crippen molar-refractivity contribution in [3.8, 4) is 11.5 Å². The van der Waals surface area contributed by atoms with E-state index in [1.165, 1.54) is 6.07 Å². The van der Waals surface area contributed by atoms with Crippen molar-refractivity contribution in [1.82, 2.24) is 10.6 Å². The van der Waals surface area contributed by atoms with Crippen LogP contribution in [-0.2, 0) is 13.0 Å².